The molecular formula is C9H8BrN3. The van der Waals surface area contributed by atoms with E-state index in [-0.39, 0.29) is 16.6 Å². The zero-order chi connectivity index (χ0) is 16.1. The molecule has 13 heavy (non-hydrogen) atoms. The van der Waals surface area contributed by atoms with E-state index >= 15 is 0 Å². The van der Waals surface area contributed by atoms with E-state index in [0.29, 0.717) is 0 Å². The Bertz CT molecular complexity index is 723. The van der Waals surface area contributed by atoms with Crippen molar-refractivity contribution in [3.63, 3.8) is 0 Å². The first-order chi connectivity index (χ1) is 9.55. The highest BCUT2D eigenvalue weighted by atomic mass is 79.9. The van der Waals surface area contributed by atoms with Gasteiger partial charge in [0.05, 0.1) is 5.48 Å². The molecule has 0 aliphatic heterocycles. The molecule has 0 fully saturated rings. The highest BCUT2D eigenvalue weighted by Gasteiger charge is 1.98. The van der Waals surface area contributed by atoms with E-state index in [0.717, 1.165) is 4.57 Å². The van der Waals surface area contributed by atoms with Crippen molar-refractivity contribution >= 4 is 15.9 Å². The van der Waals surface area contributed by atoms with Crippen molar-refractivity contribution in [2.75, 3.05) is 0 Å². The molecule has 0 aliphatic carbocycles. The van der Waals surface area contributed by atoms with Crippen molar-refractivity contribution in [1.82, 2.24) is 14.5 Å². The molecule has 0 atom stereocenters. The lowest BCUT2D eigenvalue weighted by atomic mass is 10.3. The predicted octanol–water partition coefficient (Wildman–Crippen LogP) is 2.34. The molecule has 2 aromatic heterocycles. The summed E-state index contributed by atoms with van der Waals surface area (Å²) in [6.45, 7) is -2.77. The summed E-state index contributed by atoms with van der Waals surface area (Å²) in [5.41, 5.74) is -0.638. The normalized spacial score (nSPS) is 20.1. The Morgan fingerprint density at radius 3 is 3.23 bits per heavy atom. The van der Waals surface area contributed by atoms with Gasteiger partial charge in [-0.3, -0.25) is 4.57 Å². The van der Waals surface area contributed by atoms with Gasteiger partial charge in [0, 0.05) is 16.5 Å². The maximum atomic E-state index is 7.92. The van der Waals surface area contributed by atoms with E-state index in [1.54, 1.807) is 0 Å². The van der Waals surface area contributed by atoms with Gasteiger partial charge in [0.15, 0.2) is 0 Å². The lowest BCUT2D eigenvalue weighted by Crippen LogP contribution is -1.93. The summed E-state index contributed by atoms with van der Waals surface area (Å²) < 4.78 is 61.5. The topological polar surface area (TPSA) is 30.7 Å². The van der Waals surface area contributed by atoms with Crippen LogP contribution in [0.1, 0.15) is 16.5 Å². The number of hydrogen-bond donors (Lipinski definition) is 0. The van der Waals surface area contributed by atoms with E-state index in [1.165, 1.54) is 0 Å². The van der Waals surface area contributed by atoms with Gasteiger partial charge in [0.2, 0.25) is 0 Å². The first kappa shape index (κ1) is 3.20. The molecule has 0 aromatic carbocycles. The molecule has 3 nitrogen and oxygen atoms in total. The van der Waals surface area contributed by atoms with E-state index in [9.17, 15) is 0 Å². The Kier molecular flexibility index (Phi) is 0.813. The van der Waals surface area contributed by atoms with Gasteiger partial charge in [-0.25, -0.2) is 9.97 Å². The third kappa shape index (κ3) is 1.78. The van der Waals surface area contributed by atoms with Crippen LogP contribution in [-0.2, 0) is 0 Å². The maximum Gasteiger partial charge on any atom is 0.138 e. The van der Waals surface area contributed by atoms with Crippen LogP contribution in [0.5, 0.6) is 0 Å². The summed E-state index contributed by atoms with van der Waals surface area (Å²) >= 11 is 2.96. The van der Waals surface area contributed by atoms with Crippen LogP contribution < -0.4 is 0 Å². The molecule has 0 unspecified atom stereocenters. The fraction of sp³-hybridized carbons (Fsp3) is 0.111. The van der Waals surface area contributed by atoms with Crippen LogP contribution in [0.25, 0.3) is 5.82 Å². The zero-order valence-electron chi connectivity index (χ0n) is 14.2. The van der Waals surface area contributed by atoms with Gasteiger partial charge in [-0.05, 0) is 40.4 Å². The fourth-order valence-corrected chi connectivity index (χ4v) is 1.01. The van der Waals surface area contributed by atoms with Gasteiger partial charge in [0.25, 0.3) is 0 Å². The highest BCUT2D eigenvalue weighted by Crippen LogP contribution is 2.10. The smallest absolute Gasteiger partial charge is 0.138 e. The number of pyridine rings is 1. The number of aromatic nitrogens is 3. The molecule has 0 spiro atoms. The quantitative estimate of drug-likeness (QED) is 0.773. The van der Waals surface area contributed by atoms with Crippen LogP contribution in [-0.4, -0.2) is 14.5 Å². The Hall–Kier alpha value is -1.16. The Balaban J connectivity index is 2.86. The standard InChI is InChI=1S/C9H8BrN3/c1-7-2-3-11-9(4-7)13-5-8(10)12-6-13/h2-6H,1H3/i1D3,2D,3D,4D,5D,6D. The molecule has 0 aliphatic rings. The molecule has 0 amide bonds. The molecule has 0 radical (unpaired) electrons. The second-order valence-electron chi connectivity index (χ2n) is 2.12. The van der Waals surface area contributed by atoms with Crippen LogP contribution >= 0.6 is 15.9 Å². The van der Waals surface area contributed by atoms with Gasteiger partial charge < -0.3 is 0 Å². The van der Waals surface area contributed by atoms with E-state index in [1.807, 2.05) is 0 Å². The molecule has 2 heterocycles. The Morgan fingerprint density at radius 1 is 1.62 bits per heavy atom. The van der Waals surface area contributed by atoms with Gasteiger partial charge in [-0.1, -0.05) is 0 Å². The average Bonchev–Trinajstić information content (AvgIpc) is 2.57. The first-order valence-electron chi connectivity index (χ1n) is 7.25. The average molecular weight is 246 g/mol. The van der Waals surface area contributed by atoms with Crippen molar-refractivity contribution in [2.45, 2.75) is 6.85 Å². The molecule has 0 saturated carbocycles. The molecule has 0 N–H and O–H groups in total. The van der Waals surface area contributed by atoms with Crippen molar-refractivity contribution in [2.24, 2.45) is 0 Å². The van der Waals surface area contributed by atoms with E-state index in [2.05, 4.69) is 25.9 Å². The zero-order valence-corrected chi connectivity index (χ0v) is 7.81. The number of halogens is 1. The van der Waals surface area contributed by atoms with Gasteiger partial charge in [-0.15, -0.1) is 0 Å². The van der Waals surface area contributed by atoms with Gasteiger partial charge >= 0.3 is 0 Å². The summed E-state index contributed by atoms with van der Waals surface area (Å²) in [7, 11) is 0. The summed E-state index contributed by atoms with van der Waals surface area (Å²) in [5, 5.41) is 0. The van der Waals surface area contributed by atoms with Crippen LogP contribution in [0.2, 0.25) is 0 Å². The first-order valence-corrected chi connectivity index (χ1v) is 4.05. The SMILES string of the molecule is [2H]c1nc(-n2c([2H])nc(Br)c2[2H])c([2H])c(C([2H])([2H])[2H])c1[2H]. The van der Waals surface area contributed by atoms with Crippen molar-refractivity contribution < 1.29 is 11.0 Å². The summed E-state index contributed by atoms with van der Waals surface area (Å²) in [5.74, 6) is -0.379. The second-order valence-corrected chi connectivity index (χ2v) is 2.87. The van der Waals surface area contributed by atoms with E-state index in [4.69, 9.17) is 11.0 Å². The third-order valence-electron chi connectivity index (χ3n) is 1.24. The highest BCUT2D eigenvalue weighted by molar-refractivity contribution is 9.10. The molecular weight excluding hydrogens is 230 g/mol. The minimum Gasteiger partial charge on any atom is -0.289 e. The summed E-state index contributed by atoms with van der Waals surface area (Å²) in [4.78, 5) is 7.31. The van der Waals surface area contributed by atoms with Crippen LogP contribution in [0.4, 0.5) is 0 Å². The van der Waals surface area contributed by atoms with Crippen molar-refractivity contribution in [1.29, 1.82) is 0 Å². The van der Waals surface area contributed by atoms with Crippen LogP contribution in [0.15, 0.2) is 35.3 Å². The van der Waals surface area contributed by atoms with Crippen LogP contribution in [0, 0.1) is 6.85 Å². The lowest BCUT2D eigenvalue weighted by molar-refractivity contribution is 0.988. The van der Waals surface area contributed by atoms with Crippen molar-refractivity contribution in [3.8, 4) is 5.82 Å². The van der Waals surface area contributed by atoms with Crippen molar-refractivity contribution in [3.05, 3.63) is 40.9 Å². The fourth-order valence-electron chi connectivity index (χ4n) is 0.750. The molecule has 4 heteroatoms. The minimum absolute atomic E-state index is 0.0330. The van der Waals surface area contributed by atoms with E-state index < -0.39 is 37.0 Å². The molecule has 2 aromatic rings. The van der Waals surface area contributed by atoms with Gasteiger partial charge in [0.1, 0.15) is 18.1 Å². The van der Waals surface area contributed by atoms with Gasteiger partial charge in [-0.2, -0.15) is 0 Å². The third-order valence-corrected chi connectivity index (χ3v) is 1.60. The minimum atomic E-state index is -2.77. The Morgan fingerprint density at radius 2 is 2.54 bits per heavy atom. The lowest BCUT2D eigenvalue weighted by Gasteiger charge is -2.00. The predicted molar refractivity (Wildman–Crippen MR) is 53.8 cm³/mol. The number of rotatable bonds is 1. The largest absolute Gasteiger partial charge is 0.289 e. The number of imidazole rings is 1. The monoisotopic (exact) mass is 245 g/mol. The molecule has 66 valence electrons. The molecule has 2 rings (SSSR count). The maximum absolute atomic E-state index is 7.92. The molecule has 0 bridgehead atoms. The number of hydrogen-bond acceptors (Lipinski definition) is 2. The number of nitrogens with zero attached hydrogens (tertiary/aromatic N) is 3. The Labute approximate surface area is 95.8 Å². The molecule has 0 saturated heterocycles. The second kappa shape index (κ2) is 3.30. The summed E-state index contributed by atoms with van der Waals surface area (Å²) in [6, 6.07) is -1.29. The van der Waals surface area contributed by atoms with Crippen LogP contribution in [0.3, 0.4) is 0 Å². The summed E-state index contributed by atoms with van der Waals surface area (Å²) in [6.07, 6.45) is -1.37.